The number of nitrogens with one attached hydrogen (secondary N) is 3. The normalized spacial score (nSPS) is 14.4. The SMILES string of the molecule is CCC(C)C(NC(=O)C(CCCN=C(N)N)NC(=O)C(N)Cc1ccccc1)C(=O)NC(Cc1ccccc1)C(=O)O. The van der Waals surface area contributed by atoms with Gasteiger partial charge in [-0.25, -0.2) is 4.79 Å². The van der Waals surface area contributed by atoms with Gasteiger partial charge in [-0.15, -0.1) is 0 Å². The van der Waals surface area contributed by atoms with Crippen LogP contribution >= 0.6 is 0 Å². The Morgan fingerprint density at radius 3 is 1.88 bits per heavy atom. The minimum atomic E-state index is -1.20. The summed E-state index contributed by atoms with van der Waals surface area (Å²) in [6, 6.07) is 14.0. The molecule has 12 nitrogen and oxygen atoms in total. The number of rotatable bonds is 17. The molecule has 228 valence electrons. The third kappa shape index (κ3) is 11.6. The molecule has 0 heterocycles. The molecule has 5 atom stereocenters. The van der Waals surface area contributed by atoms with Crippen molar-refractivity contribution in [1.82, 2.24) is 16.0 Å². The number of aliphatic carboxylic acids is 1. The first-order valence-electron chi connectivity index (χ1n) is 14.0. The second kappa shape index (κ2) is 17.4. The zero-order valence-corrected chi connectivity index (χ0v) is 24.2. The third-order valence-electron chi connectivity index (χ3n) is 6.90. The average molecular weight is 582 g/mol. The van der Waals surface area contributed by atoms with Crippen LogP contribution in [0.5, 0.6) is 0 Å². The number of benzene rings is 2. The Morgan fingerprint density at radius 1 is 0.810 bits per heavy atom. The number of nitrogens with zero attached hydrogens (tertiary/aromatic N) is 1. The largest absolute Gasteiger partial charge is 0.480 e. The molecule has 42 heavy (non-hydrogen) atoms. The molecule has 10 N–H and O–H groups in total. The molecule has 0 aromatic heterocycles. The van der Waals surface area contributed by atoms with E-state index >= 15 is 0 Å². The van der Waals surface area contributed by atoms with Crippen molar-refractivity contribution in [2.75, 3.05) is 6.54 Å². The van der Waals surface area contributed by atoms with Gasteiger partial charge in [0, 0.05) is 13.0 Å². The van der Waals surface area contributed by atoms with Crippen LogP contribution in [0.15, 0.2) is 65.7 Å². The van der Waals surface area contributed by atoms with Crippen LogP contribution in [-0.4, -0.2) is 65.5 Å². The van der Waals surface area contributed by atoms with E-state index in [1.165, 1.54) is 0 Å². The maximum Gasteiger partial charge on any atom is 0.326 e. The lowest BCUT2D eigenvalue weighted by atomic mass is 9.96. The van der Waals surface area contributed by atoms with Crippen molar-refractivity contribution in [3.63, 3.8) is 0 Å². The van der Waals surface area contributed by atoms with E-state index in [4.69, 9.17) is 17.2 Å². The number of nitrogens with two attached hydrogens (primary N) is 3. The summed E-state index contributed by atoms with van der Waals surface area (Å²) in [7, 11) is 0. The van der Waals surface area contributed by atoms with Gasteiger partial charge in [0.1, 0.15) is 18.1 Å². The van der Waals surface area contributed by atoms with Crippen molar-refractivity contribution >= 4 is 29.7 Å². The van der Waals surface area contributed by atoms with Crippen LogP contribution in [0.3, 0.4) is 0 Å². The number of amides is 3. The van der Waals surface area contributed by atoms with E-state index in [-0.39, 0.29) is 37.7 Å². The van der Waals surface area contributed by atoms with Gasteiger partial charge in [0.25, 0.3) is 0 Å². The number of hydrogen-bond acceptors (Lipinski definition) is 6. The Balaban J connectivity index is 2.17. The molecular weight excluding hydrogens is 538 g/mol. The number of carbonyl (C=O) groups excluding carboxylic acids is 3. The maximum absolute atomic E-state index is 13.5. The topological polar surface area (TPSA) is 215 Å². The first-order chi connectivity index (χ1) is 20.0. The Morgan fingerprint density at radius 2 is 1.36 bits per heavy atom. The van der Waals surface area contributed by atoms with E-state index in [0.29, 0.717) is 12.8 Å². The molecule has 5 unspecified atom stereocenters. The van der Waals surface area contributed by atoms with Crippen molar-refractivity contribution < 1.29 is 24.3 Å². The molecule has 2 aromatic rings. The number of aliphatic imine (C=N–C) groups is 1. The van der Waals surface area contributed by atoms with Gasteiger partial charge in [0.15, 0.2) is 5.96 Å². The van der Waals surface area contributed by atoms with Crippen molar-refractivity contribution in [1.29, 1.82) is 0 Å². The van der Waals surface area contributed by atoms with Crippen molar-refractivity contribution in [2.24, 2.45) is 28.1 Å². The summed E-state index contributed by atoms with van der Waals surface area (Å²) in [6.07, 6.45) is 1.41. The smallest absolute Gasteiger partial charge is 0.326 e. The summed E-state index contributed by atoms with van der Waals surface area (Å²) in [5, 5.41) is 17.8. The van der Waals surface area contributed by atoms with Crippen LogP contribution in [0.4, 0.5) is 0 Å². The van der Waals surface area contributed by atoms with Gasteiger partial charge in [-0.05, 0) is 36.3 Å². The van der Waals surface area contributed by atoms with Gasteiger partial charge in [0.2, 0.25) is 17.7 Å². The van der Waals surface area contributed by atoms with E-state index in [2.05, 4.69) is 20.9 Å². The predicted molar refractivity (Wildman–Crippen MR) is 161 cm³/mol. The van der Waals surface area contributed by atoms with Gasteiger partial charge in [-0.1, -0.05) is 80.9 Å². The Hall–Kier alpha value is -4.45. The summed E-state index contributed by atoms with van der Waals surface area (Å²) in [6.45, 7) is 3.86. The lowest BCUT2D eigenvalue weighted by molar-refractivity contribution is -0.142. The second-order valence-electron chi connectivity index (χ2n) is 10.3. The van der Waals surface area contributed by atoms with Crippen LogP contribution in [0.1, 0.15) is 44.2 Å². The molecular formula is C30H43N7O5. The fourth-order valence-corrected chi connectivity index (χ4v) is 4.28. The maximum atomic E-state index is 13.5. The first kappa shape index (κ1) is 33.8. The molecule has 2 rings (SSSR count). The molecule has 0 saturated carbocycles. The molecule has 12 heteroatoms. The van der Waals surface area contributed by atoms with Crippen LogP contribution in [0.25, 0.3) is 0 Å². The van der Waals surface area contributed by atoms with Crippen molar-refractivity contribution in [3.8, 4) is 0 Å². The van der Waals surface area contributed by atoms with Crippen molar-refractivity contribution in [3.05, 3.63) is 71.8 Å². The van der Waals surface area contributed by atoms with Crippen LogP contribution in [-0.2, 0) is 32.0 Å². The number of carboxylic acid groups (broad SMARTS) is 1. The summed E-state index contributed by atoms with van der Waals surface area (Å²) in [5.74, 6) is -3.39. The molecule has 3 amide bonds. The molecule has 0 saturated heterocycles. The summed E-state index contributed by atoms with van der Waals surface area (Å²) < 4.78 is 0. The minimum absolute atomic E-state index is 0.0753. The molecule has 0 aliphatic rings. The predicted octanol–water partition coefficient (Wildman–Crippen LogP) is 0.438. The van der Waals surface area contributed by atoms with Gasteiger partial charge < -0.3 is 38.3 Å². The Bertz CT molecular complexity index is 1190. The quantitative estimate of drug-likeness (QED) is 0.0788. The fraction of sp³-hybridized carbons (Fsp3) is 0.433. The highest BCUT2D eigenvalue weighted by Gasteiger charge is 2.32. The molecule has 0 radical (unpaired) electrons. The average Bonchev–Trinajstić information content (AvgIpc) is 2.97. The Labute approximate surface area is 246 Å². The van der Waals surface area contributed by atoms with Gasteiger partial charge in [-0.2, -0.15) is 0 Å². The van der Waals surface area contributed by atoms with Crippen molar-refractivity contribution in [2.45, 2.75) is 70.1 Å². The lowest BCUT2D eigenvalue weighted by Crippen LogP contribution is -2.59. The van der Waals surface area contributed by atoms with E-state index in [1.807, 2.05) is 43.3 Å². The number of guanidine groups is 1. The Kier molecular flexibility index (Phi) is 14.0. The summed E-state index contributed by atoms with van der Waals surface area (Å²) in [4.78, 5) is 55.7. The van der Waals surface area contributed by atoms with Crippen LogP contribution in [0, 0.1) is 5.92 Å². The molecule has 2 aromatic carbocycles. The minimum Gasteiger partial charge on any atom is -0.480 e. The lowest BCUT2D eigenvalue weighted by Gasteiger charge is -2.28. The summed E-state index contributed by atoms with van der Waals surface area (Å²) >= 11 is 0. The first-order valence-corrected chi connectivity index (χ1v) is 14.0. The molecule has 0 aliphatic carbocycles. The zero-order chi connectivity index (χ0) is 31.1. The highest BCUT2D eigenvalue weighted by molar-refractivity contribution is 5.94. The van der Waals surface area contributed by atoms with Gasteiger partial charge in [0.05, 0.1) is 6.04 Å². The fourth-order valence-electron chi connectivity index (χ4n) is 4.28. The summed E-state index contributed by atoms with van der Waals surface area (Å²) in [5.41, 5.74) is 18.5. The third-order valence-corrected chi connectivity index (χ3v) is 6.90. The van der Waals surface area contributed by atoms with E-state index in [9.17, 15) is 24.3 Å². The highest BCUT2D eigenvalue weighted by atomic mass is 16.4. The van der Waals surface area contributed by atoms with E-state index in [1.54, 1.807) is 31.2 Å². The monoisotopic (exact) mass is 581 g/mol. The van der Waals surface area contributed by atoms with E-state index < -0.39 is 47.9 Å². The van der Waals surface area contributed by atoms with Crippen LogP contribution < -0.4 is 33.2 Å². The molecule has 0 bridgehead atoms. The highest BCUT2D eigenvalue weighted by Crippen LogP contribution is 2.12. The van der Waals surface area contributed by atoms with Crippen LogP contribution in [0.2, 0.25) is 0 Å². The number of carboxylic acids is 1. The molecule has 0 aliphatic heterocycles. The zero-order valence-electron chi connectivity index (χ0n) is 24.2. The number of carbonyl (C=O) groups is 4. The molecule has 0 spiro atoms. The van der Waals surface area contributed by atoms with E-state index in [0.717, 1.165) is 11.1 Å². The number of hydrogen-bond donors (Lipinski definition) is 7. The van der Waals surface area contributed by atoms with Gasteiger partial charge in [-0.3, -0.25) is 19.4 Å². The standard InChI is InChI=1S/C30H43N7O5/c1-3-19(2)25(28(40)36-24(29(41)42)18-21-13-8-5-9-14-21)37-27(39)23(15-10-16-34-30(32)33)35-26(38)22(31)17-20-11-6-4-7-12-20/h4-9,11-14,19,22-25H,3,10,15-18,31H2,1-2H3,(H,35,38)(H,36,40)(H,37,39)(H,41,42)(H4,32,33,34). The van der Waals surface area contributed by atoms with Gasteiger partial charge >= 0.3 is 5.97 Å². The molecule has 0 fully saturated rings. The second-order valence-corrected chi connectivity index (χ2v) is 10.3.